The summed E-state index contributed by atoms with van der Waals surface area (Å²) in [6.45, 7) is 6.29. The van der Waals surface area contributed by atoms with Gasteiger partial charge in [-0.3, -0.25) is 14.7 Å². The number of thioether (sulfide) groups is 1. The van der Waals surface area contributed by atoms with Crippen LogP contribution in [0, 0.1) is 17.1 Å². The van der Waals surface area contributed by atoms with Crippen molar-refractivity contribution in [1.82, 2.24) is 19.4 Å². The summed E-state index contributed by atoms with van der Waals surface area (Å²) >= 11 is 1.37. The molecule has 3 aliphatic heterocycles. The average Bonchev–Trinajstić information content (AvgIpc) is 3.54. The van der Waals surface area contributed by atoms with Gasteiger partial charge in [-0.05, 0) is 30.7 Å². The number of anilines is 2. The predicted molar refractivity (Wildman–Crippen MR) is 163 cm³/mol. The Balaban J connectivity index is 1.32. The van der Waals surface area contributed by atoms with Crippen LogP contribution in [0.15, 0.2) is 41.4 Å². The molecule has 2 unspecified atom stereocenters. The number of pyridine rings is 1. The molecule has 0 bridgehead atoms. The van der Waals surface area contributed by atoms with E-state index in [-0.39, 0.29) is 11.7 Å². The number of piperazine rings is 1. The number of nitriles is 1. The number of likely N-dealkylation sites (tertiary alicyclic amines) is 1. The molecule has 10 nitrogen and oxygen atoms in total. The standard InChI is InChI=1S/C30H35FN8O2S/c1-4-23-29(36(3)30(25(15-32)42-19-33-30)20-5-7-21(31)8-6-20)28-24(35(23)2)9-10-26(34-28)38-13-11-37(12-14-38)18-27(41)39-16-22(40)17-39/h5-10,19,22,25,40H,4,11-14,16-18H2,1-3H3. The maximum absolute atomic E-state index is 13.9. The summed E-state index contributed by atoms with van der Waals surface area (Å²) in [6, 6.07) is 12.8. The third kappa shape index (κ3) is 4.69. The van der Waals surface area contributed by atoms with Gasteiger partial charge in [0.2, 0.25) is 5.91 Å². The predicted octanol–water partition coefficient (Wildman–Crippen LogP) is 2.56. The molecule has 0 aliphatic carbocycles. The largest absolute Gasteiger partial charge is 0.389 e. The van der Waals surface area contributed by atoms with Crippen molar-refractivity contribution in [2.75, 3.05) is 62.7 Å². The van der Waals surface area contributed by atoms with Crippen molar-refractivity contribution in [2.24, 2.45) is 12.0 Å². The van der Waals surface area contributed by atoms with Crippen molar-refractivity contribution in [2.45, 2.75) is 30.4 Å². The van der Waals surface area contributed by atoms with Gasteiger partial charge in [0.25, 0.3) is 0 Å². The molecule has 1 N–H and O–H groups in total. The third-order valence-electron chi connectivity index (χ3n) is 8.77. The Morgan fingerprint density at radius 2 is 1.90 bits per heavy atom. The Kier molecular flexibility index (Phi) is 7.59. The van der Waals surface area contributed by atoms with E-state index in [1.54, 1.807) is 22.6 Å². The van der Waals surface area contributed by atoms with Gasteiger partial charge in [-0.15, -0.1) is 0 Å². The van der Waals surface area contributed by atoms with E-state index in [2.05, 4.69) is 38.3 Å². The molecule has 42 heavy (non-hydrogen) atoms. The molecule has 1 amide bonds. The molecule has 12 heteroatoms. The number of nitrogens with zero attached hydrogens (tertiary/aromatic N) is 8. The van der Waals surface area contributed by atoms with E-state index < -0.39 is 17.0 Å². The fraction of sp³-hybridized carbons (Fsp3) is 0.467. The highest BCUT2D eigenvalue weighted by molar-refractivity contribution is 8.13. The van der Waals surface area contributed by atoms with Gasteiger partial charge in [-0.1, -0.05) is 30.8 Å². The number of hydrogen-bond donors (Lipinski definition) is 1. The SMILES string of the molecule is CCc1c(N(C)C2(c3ccc(F)cc3)N=CSC2C#N)c2nc(N3CCN(CC(=O)N4CC(O)C4)CC3)ccc2n1C. The van der Waals surface area contributed by atoms with Crippen LogP contribution in [0.3, 0.4) is 0 Å². The Morgan fingerprint density at radius 1 is 1.19 bits per heavy atom. The van der Waals surface area contributed by atoms with Crippen molar-refractivity contribution in [3.8, 4) is 6.07 Å². The molecule has 5 heterocycles. The van der Waals surface area contributed by atoms with Crippen molar-refractivity contribution < 1.29 is 14.3 Å². The Bertz CT molecular complexity index is 1560. The molecule has 220 valence electrons. The molecule has 3 aromatic rings. The number of β-amino-alcohol motifs (C(OH)–C–C–N with tert-alkyl or cyclic N) is 1. The summed E-state index contributed by atoms with van der Waals surface area (Å²) in [5.74, 6) is 0.587. The molecule has 0 spiro atoms. The molecular formula is C30H35FN8O2S. The summed E-state index contributed by atoms with van der Waals surface area (Å²) in [5.41, 5.74) is 5.20. The van der Waals surface area contributed by atoms with Crippen LogP contribution in [0.2, 0.25) is 0 Å². The van der Waals surface area contributed by atoms with Gasteiger partial charge in [0.05, 0.1) is 35.5 Å². The first-order valence-electron chi connectivity index (χ1n) is 14.3. The number of rotatable bonds is 7. The molecule has 0 saturated carbocycles. The second kappa shape index (κ2) is 11.2. The first-order chi connectivity index (χ1) is 20.3. The molecule has 2 fully saturated rings. The second-order valence-electron chi connectivity index (χ2n) is 11.1. The summed E-state index contributed by atoms with van der Waals surface area (Å²) < 4.78 is 16.1. The van der Waals surface area contributed by atoms with Crippen molar-refractivity contribution in [3.63, 3.8) is 0 Å². The van der Waals surface area contributed by atoms with E-state index in [0.29, 0.717) is 19.6 Å². The number of aliphatic hydroxyl groups excluding tert-OH is 1. The monoisotopic (exact) mass is 590 g/mol. The van der Waals surface area contributed by atoms with Crippen LogP contribution in [-0.2, 0) is 23.9 Å². The maximum Gasteiger partial charge on any atom is 0.236 e. The number of hydrogen-bond acceptors (Lipinski definition) is 9. The number of aromatic nitrogens is 2. The normalized spacial score (nSPS) is 22.9. The topological polar surface area (TPSA) is 104 Å². The lowest BCUT2D eigenvalue weighted by atomic mass is 9.93. The molecule has 3 aliphatic rings. The van der Waals surface area contributed by atoms with E-state index in [1.807, 2.05) is 20.2 Å². The zero-order chi connectivity index (χ0) is 29.6. The van der Waals surface area contributed by atoms with Gasteiger partial charge in [-0.2, -0.15) is 5.26 Å². The van der Waals surface area contributed by atoms with E-state index in [4.69, 9.17) is 9.98 Å². The van der Waals surface area contributed by atoms with Gasteiger partial charge in [-0.25, -0.2) is 9.37 Å². The number of carbonyl (C=O) groups is 1. The lowest BCUT2D eigenvalue weighted by Crippen LogP contribution is -2.57. The average molecular weight is 591 g/mol. The smallest absolute Gasteiger partial charge is 0.236 e. The number of aliphatic imine (C=N–C) groups is 1. The summed E-state index contributed by atoms with van der Waals surface area (Å²) in [6.07, 6.45) is 0.355. The van der Waals surface area contributed by atoms with Gasteiger partial charge >= 0.3 is 0 Å². The van der Waals surface area contributed by atoms with Crippen LogP contribution in [0.5, 0.6) is 0 Å². The van der Waals surface area contributed by atoms with Crippen molar-refractivity contribution in [1.29, 1.82) is 5.26 Å². The van der Waals surface area contributed by atoms with Crippen LogP contribution in [-0.4, -0.2) is 100 Å². The molecule has 1 aromatic carbocycles. The highest BCUT2D eigenvalue weighted by Gasteiger charge is 2.49. The van der Waals surface area contributed by atoms with Crippen LogP contribution in [0.1, 0.15) is 18.2 Å². The molecular weight excluding hydrogens is 555 g/mol. The van der Waals surface area contributed by atoms with Crippen molar-refractivity contribution in [3.05, 3.63) is 53.5 Å². The quantitative estimate of drug-likeness (QED) is 0.448. The van der Waals surface area contributed by atoms with Gasteiger partial charge in [0, 0.05) is 64.6 Å². The highest BCUT2D eigenvalue weighted by atomic mass is 32.2. The summed E-state index contributed by atoms with van der Waals surface area (Å²) in [7, 11) is 3.98. The molecule has 6 rings (SSSR count). The number of aryl methyl sites for hydroxylation is 1. The molecule has 2 atom stereocenters. The first-order valence-corrected chi connectivity index (χ1v) is 15.2. The number of benzene rings is 1. The number of aliphatic hydroxyl groups is 1. The Morgan fingerprint density at radius 3 is 2.55 bits per heavy atom. The number of fused-ring (bicyclic) bond motifs is 1. The van der Waals surface area contributed by atoms with E-state index >= 15 is 0 Å². The Hall–Kier alpha value is -3.66. The number of halogens is 1. The fourth-order valence-corrected chi connectivity index (χ4v) is 7.30. The molecule has 0 radical (unpaired) electrons. The van der Waals surface area contributed by atoms with Crippen molar-refractivity contribution >= 4 is 45.8 Å². The zero-order valence-corrected chi connectivity index (χ0v) is 24.9. The number of amides is 1. The lowest BCUT2D eigenvalue weighted by molar-refractivity contribution is -0.142. The van der Waals surface area contributed by atoms with E-state index in [0.717, 1.165) is 66.4 Å². The van der Waals surface area contributed by atoms with Gasteiger partial charge < -0.3 is 24.4 Å². The minimum atomic E-state index is -1.05. The second-order valence-corrected chi connectivity index (χ2v) is 12.1. The Labute approximate surface area is 249 Å². The van der Waals surface area contributed by atoms with Gasteiger partial charge in [0.15, 0.2) is 5.66 Å². The minimum absolute atomic E-state index is 0.0656. The van der Waals surface area contributed by atoms with Crippen LogP contribution < -0.4 is 9.80 Å². The van der Waals surface area contributed by atoms with Crippen LogP contribution in [0.25, 0.3) is 11.0 Å². The maximum atomic E-state index is 13.9. The number of carbonyl (C=O) groups excluding carboxylic acids is 1. The van der Waals surface area contributed by atoms with Crippen LogP contribution in [0.4, 0.5) is 15.9 Å². The van der Waals surface area contributed by atoms with Gasteiger partial charge in [0.1, 0.15) is 22.4 Å². The minimum Gasteiger partial charge on any atom is -0.389 e. The summed E-state index contributed by atoms with van der Waals surface area (Å²) in [5, 5.41) is 19.2. The van der Waals surface area contributed by atoms with E-state index in [1.165, 1.54) is 23.9 Å². The highest BCUT2D eigenvalue weighted by Crippen LogP contribution is 2.47. The third-order valence-corrected chi connectivity index (χ3v) is 9.71. The van der Waals surface area contributed by atoms with Crippen LogP contribution >= 0.6 is 11.8 Å². The van der Waals surface area contributed by atoms with E-state index in [9.17, 15) is 19.6 Å². The first kappa shape index (κ1) is 28.5. The zero-order valence-electron chi connectivity index (χ0n) is 24.1. The molecule has 2 aromatic heterocycles. The summed E-state index contributed by atoms with van der Waals surface area (Å²) in [4.78, 5) is 30.7. The fourth-order valence-electron chi connectivity index (χ4n) is 6.35. The molecule has 2 saturated heterocycles. The lowest BCUT2D eigenvalue weighted by Gasteiger charge is -2.40.